The Morgan fingerprint density at radius 3 is 2.33 bits per heavy atom. The Bertz CT molecular complexity index is 1190. The van der Waals surface area contributed by atoms with E-state index in [0.29, 0.717) is 31.6 Å². The first-order valence-corrected chi connectivity index (χ1v) is 10.5. The minimum absolute atomic E-state index is 0.146. The lowest BCUT2D eigenvalue weighted by molar-refractivity contribution is -0.139. The molecule has 0 aliphatic rings. The number of carbonyl (C=O) groups is 2. The average molecular weight is 402 g/mol. The largest absolute Gasteiger partial charge is 0.424 e. The molecule has 4 rings (SSSR count). The molecule has 0 fully saturated rings. The quantitative estimate of drug-likeness (QED) is 0.258. The molecule has 4 aromatic rings. The number of amides is 1. The van der Waals surface area contributed by atoms with Crippen molar-refractivity contribution >= 4 is 44.2 Å². The summed E-state index contributed by atoms with van der Waals surface area (Å²) in [7, 11) is 0. The van der Waals surface area contributed by atoms with E-state index in [4.69, 9.17) is 10.5 Å². The Hall–Kier alpha value is -3.18. The summed E-state index contributed by atoms with van der Waals surface area (Å²) in [6.45, 7) is 2.38. The molecule has 1 atom stereocenters. The fraction of sp³-hybridized carbons (Fsp3) is 0.280. The molecule has 3 N–H and O–H groups in total. The Morgan fingerprint density at radius 2 is 1.63 bits per heavy atom. The zero-order valence-corrected chi connectivity index (χ0v) is 17.1. The first kappa shape index (κ1) is 20.1. The number of benzene rings is 4. The summed E-state index contributed by atoms with van der Waals surface area (Å²) in [5, 5.41) is 9.36. The third-order valence-corrected chi connectivity index (χ3v) is 5.49. The second kappa shape index (κ2) is 8.67. The van der Waals surface area contributed by atoms with Crippen molar-refractivity contribution in [3.8, 4) is 5.75 Å². The number of esters is 1. The number of ether oxygens (including phenoxy) is 1. The fourth-order valence-corrected chi connectivity index (χ4v) is 4.04. The highest BCUT2D eigenvalue weighted by Crippen LogP contribution is 2.38. The third-order valence-electron chi connectivity index (χ3n) is 5.49. The molecule has 0 saturated carbocycles. The molecule has 0 aliphatic heterocycles. The van der Waals surface area contributed by atoms with E-state index >= 15 is 0 Å². The van der Waals surface area contributed by atoms with Crippen LogP contribution in [0.5, 0.6) is 5.75 Å². The summed E-state index contributed by atoms with van der Waals surface area (Å²) in [6.07, 6.45) is 2.19. The lowest BCUT2D eigenvalue weighted by atomic mass is 9.94. The highest BCUT2D eigenvalue weighted by molar-refractivity contribution is 6.24. The molecule has 0 saturated heterocycles. The third kappa shape index (κ3) is 3.81. The van der Waals surface area contributed by atoms with Gasteiger partial charge >= 0.3 is 5.97 Å². The van der Waals surface area contributed by atoms with Crippen LogP contribution in [0.1, 0.15) is 32.6 Å². The number of nitrogens with one attached hydrogen (secondary N) is 1. The van der Waals surface area contributed by atoms with E-state index in [2.05, 4.69) is 35.6 Å². The zero-order valence-electron chi connectivity index (χ0n) is 17.1. The number of carbonyl (C=O) groups excluding carboxylic acids is 2. The predicted molar refractivity (Wildman–Crippen MR) is 121 cm³/mol. The van der Waals surface area contributed by atoms with Crippen molar-refractivity contribution < 1.29 is 14.3 Å². The molecule has 1 amide bonds. The summed E-state index contributed by atoms with van der Waals surface area (Å²) in [5.74, 6) is -0.0944. The molecule has 0 aliphatic carbocycles. The SMILES string of the molecule is CCCC(=O)N[C@H](CCCN)C(=O)Oc1ccc2ccc3cccc4ccc1c2c34. The van der Waals surface area contributed by atoms with E-state index in [9.17, 15) is 9.59 Å². The van der Waals surface area contributed by atoms with Gasteiger partial charge in [-0.25, -0.2) is 4.79 Å². The average Bonchev–Trinajstić information content (AvgIpc) is 2.76. The summed E-state index contributed by atoms with van der Waals surface area (Å²) in [4.78, 5) is 25.0. The van der Waals surface area contributed by atoms with Gasteiger partial charge in [-0.1, -0.05) is 49.4 Å². The zero-order chi connectivity index (χ0) is 21.1. The van der Waals surface area contributed by atoms with Crippen molar-refractivity contribution in [2.24, 2.45) is 5.73 Å². The Balaban J connectivity index is 1.69. The predicted octanol–water partition coefficient (Wildman–Crippen LogP) is 4.51. The van der Waals surface area contributed by atoms with Crippen molar-refractivity contribution in [3.05, 3.63) is 54.6 Å². The van der Waals surface area contributed by atoms with Crippen molar-refractivity contribution in [2.75, 3.05) is 6.54 Å². The van der Waals surface area contributed by atoms with Crippen LogP contribution in [0.2, 0.25) is 0 Å². The smallest absolute Gasteiger partial charge is 0.334 e. The molecule has 0 heterocycles. The Kier molecular flexibility index (Phi) is 5.81. The number of hydrogen-bond donors (Lipinski definition) is 2. The second-order valence-electron chi connectivity index (χ2n) is 7.64. The normalized spacial score (nSPS) is 12.5. The van der Waals surface area contributed by atoms with Crippen LogP contribution in [0, 0.1) is 0 Å². The van der Waals surface area contributed by atoms with Gasteiger partial charge in [0.25, 0.3) is 0 Å². The molecule has 0 unspecified atom stereocenters. The molecule has 154 valence electrons. The van der Waals surface area contributed by atoms with Crippen LogP contribution in [-0.4, -0.2) is 24.5 Å². The van der Waals surface area contributed by atoms with Gasteiger partial charge in [0.1, 0.15) is 11.8 Å². The van der Waals surface area contributed by atoms with Crippen molar-refractivity contribution in [2.45, 2.75) is 38.6 Å². The van der Waals surface area contributed by atoms with Crippen LogP contribution in [0.25, 0.3) is 32.3 Å². The Morgan fingerprint density at radius 1 is 0.967 bits per heavy atom. The first-order chi connectivity index (χ1) is 14.6. The van der Waals surface area contributed by atoms with Crippen molar-refractivity contribution in [1.82, 2.24) is 5.32 Å². The van der Waals surface area contributed by atoms with Gasteiger partial charge in [-0.05, 0) is 59.5 Å². The van der Waals surface area contributed by atoms with Gasteiger partial charge in [-0.3, -0.25) is 4.79 Å². The van der Waals surface area contributed by atoms with E-state index in [1.807, 2.05) is 31.2 Å². The maximum atomic E-state index is 12.9. The summed E-state index contributed by atoms with van der Waals surface area (Å²) in [5.41, 5.74) is 5.61. The van der Waals surface area contributed by atoms with Crippen LogP contribution in [0.4, 0.5) is 0 Å². The van der Waals surface area contributed by atoms with Gasteiger partial charge in [0.2, 0.25) is 5.91 Å². The maximum Gasteiger partial charge on any atom is 0.334 e. The number of nitrogens with two attached hydrogens (primary N) is 1. The van der Waals surface area contributed by atoms with Gasteiger partial charge in [-0.2, -0.15) is 0 Å². The molecule has 4 aromatic carbocycles. The van der Waals surface area contributed by atoms with E-state index in [0.717, 1.165) is 33.4 Å². The van der Waals surface area contributed by atoms with E-state index in [-0.39, 0.29) is 5.91 Å². The second-order valence-corrected chi connectivity index (χ2v) is 7.64. The lowest BCUT2D eigenvalue weighted by Gasteiger charge is -2.19. The van der Waals surface area contributed by atoms with E-state index in [1.54, 1.807) is 0 Å². The van der Waals surface area contributed by atoms with Crippen LogP contribution in [0.15, 0.2) is 54.6 Å². The molecule has 30 heavy (non-hydrogen) atoms. The fourth-order valence-electron chi connectivity index (χ4n) is 4.04. The summed E-state index contributed by atoms with van der Waals surface area (Å²) < 4.78 is 5.82. The van der Waals surface area contributed by atoms with Crippen LogP contribution in [0.3, 0.4) is 0 Å². The van der Waals surface area contributed by atoms with Crippen molar-refractivity contribution in [3.63, 3.8) is 0 Å². The molecule has 0 radical (unpaired) electrons. The van der Waals surface area contributed by atoms with E-state index < -0.39 is 12.0 Å². The van der Waals surface area contributed by atoms with Crippen LogP contribution in [-0.2, 0) is 9.59 Å². The van der Waals surface area contributed by atoms with Crippen molar-refractivity contribution in [1.29, 1.82) is 0 Å². The van der Waals surface area contributed by atoms with Gasteiger partial charge in [0.15, 0.2) is 0 Å². The number of rotatable bonds is 8. The molecular weight excluding hydrogens is 376 g/mol. The summed E-state index contributed by atoms with van der Waals surface area (Å²) in [6, 6.07) is 17.6. The minimum Gasteiger partial charge on any atom is -0.424 e. The van der Waals surface area contributed by atoms with E-state index in [1.165, 1.54) is 5.39 Å². The molecule has 0 bridgehead atoms. The number of hydrogen-bond acceptors (Lipinski definition) is 4. The Labute approximate surface area is 175 Å². The molecule has 0 spiro atoms. The monoisotopic (exact) mass is 402 g/mol. The molecule has 0 aromatic heterocycles. The van der Waals surface area contributed by atoms with Crippen LogP contribution < -0.4 is 15.8 Å². The van der Waals surface area contributed by atoms with Gasteiger partial charge < -0.3 is 15.8 Å². The van der Waals surface area contributed by atoms with Gasteiger partial charge in [0.05, 0.1) is 0 Å². The lowest BCUT2D eigenvalue weighted by Crippen LogP contribution is -2.43. The maximum absolute atomic E-state index is 12.9. The molecule has 5 heteroatoms. The standard InChI is InChI=1S/C25H26N2O3/c1-2-5-22(28)27-20(8-4-15-26)25(29)30-21-14-12-18-10-9-16-6-3-7-17-11-13-19(21)24(18)23(16)17/h3,6-7,9-14,20H,2,4-5,8,15,26H2,1H3,(H,27,28)/t20-/m1/s1. The summed E-state index contributed by atoms with van der Waals surface area (Å²) >= 11 is 0. The van der Waals surface area contributed by atoms with Gasteiger partial charge in [-0.15, -0.1) is 0 Å². The topological polar surface area (TPSA) is 81.4 Å². The highest BCUT2D eigenvalue weighted by Gasteiger charge is 2.23. The highest BCUT2D eigenvalue weighted by atomic mass is 16.5. The van der Waals surface area contributed by atoms with Gasteiger partial charge in [0, 0.05) is 17.2 Å². The molecular formula is C25H26N2O3. The minimum atomic E-state index is -0.703. The van der Waals surface area contributed by atoms with Crippen LogP contribution >= 0.6 is 0 Å². The first-order valence-electron chi connectivity index (χ1n) is 10.5. The molecule has 5 nitrogen and oxygen atoms in total.